The van der Waals surface area contributed by atoms with Crippen LogP contribution < -0.4 is 10.2 Å². The molecule has 1 unspecified atom stereocenters. The van der Waals surface area contributed by atoms with Gasteiger partial charge in [-0.3, -0.25) is 0 Å². The maximum absolute atomic E-state index is 5.43. The van der Waals surface area contributed by atoms with Crippen molar-refractivity contribution in [3.8, 4) is 0 Å². The molecule has 20 heavy (non-hydrogen) atoms. The third-order valence-corrected chi connectivity index (χ3v) is 3.79. The van der Waals surface area contributed by atoms with E-state index in [4.69, 9.17) is 4.42 Å². The van der Waals surface area contributed by atoms with E-state index in [0.29, 0.717) is 6.04 Å². The first-order chi connectivity index (χ1) is 9.83. The van der Waals surface area contributed by atoms with Crippen LogP contribution in [0.15, 0.2) is 41.3 Å². The van der Waals surface area contributed by atoms with Gasteiger partial charge in [-0.25, -0.2) is 9.97 Å². The monoisotopic (exact) mass is 272 g/mol. The van der Waals surface area contributed by atoms with Crippen LogP contribution in [-0.4, -0.2) is 29.1 Å². The highest BCUT2D eigenvalue weighted by atomic mass is 16.3. The molecule has 2 aromatic heterocycles. The number of nitrogens with zero attached hydrogens (tertiary/aromatic N) is 3. The first-order valence-corrected chi connectivity index (χ1v) is 7.14. The van der Waals surface area contributed by atoms with E-state index >= 15 is 0 Å². The lowest BCUT2D eigenvalue weighted by Gasteiger charge is -2.33. The SMILES string of the molecule is CC(NC1CCN(c2ncccn2)CC1)c1ccco1. The summed E-state index contributed by atoms with van der Waals surface area (Å²) in [6, 6.07) is 6.58. The number of nitrogens with one attached hydrogen (secondary N) is 1. The zero-order chi connectivity index (χ0) is 13.8. The summed E-state index contributed by atoms with van der Waals surface area (Å²) in [5.41, 5.74) is 0. The van der Waals surface area contributed by atoms with Gasteiger partial charge in [0.05, 0.1) is 12.3 Å². The number of rotatable bonds is 4. The molecule has 1 atom stereocenters. The van der Waals surface area contributed by atoms with E-state index in [1.165, 1.54) is 0 Å². The van der Waals surface area contributed by atoms with Gasteiger partial charge in [0.25, 0.3) is 0 Å². The Hall–Kier alpha value is -1.88. The first kappa shape index (κ1) is 13.1. The summed E-state index contributed by atoms with van der Waals surface area (Å²) in [6.45, 7) is 4.13. The Kier molecular flexibility index (Phi) is 3.97. The van der Waals surface area contributed by atoms with E-state index in [0.717, 1.165) is 37.6 Å². The summed E-state index contributed by atoms with van der Waals surface area (Å²) >= 11 is 0. The number of furan rings is 1. The molecule has 0 saturated carbocycles. The summed E-state index contributed by atoms with van der Waals surface area (Å²) < 4.78 is 5.43. The van der Waals surface area contributed by atoms with Gasteiger partial charge in [-0.05, 0) is 38.0 Å². The topological polar surface area (TPSA) is 54.2 Å². The fourth-order valence-electron chi connectivity index (χ4n) is 2.67. The summed E-state index contributed by atoms with van der Waals surface area (Å²) in [5.74, 6) is 1.84. The molecule has 0 radical (unpaired) electrons. The van der Waals surface area contributed by atoms with Crippen LogP contribution in [0.5, 0.6) is 0 Å². The van der Waals surface area contributed by atoms with Crippen molar-refractivity contribution in [2.45, 2.75) is 31.8 Å². The van der Waals surface area contributed by atoms with Gasteiger partial charge in [-0.2, -0.15) is 0 Å². The minimum Gasteiger partial charge on any atom is -0.468 e. The number of piperidine rings is 1. The molecule has 0 amide bonds. The highest BCUT2D eigenvalue weighted by Crippen LogP contribution is 2.19. The van der Waals surface area contributed by atoms with Gasteiger partial charge in [0.15, 0.2) is 0 Å². The van der Waals surface area contributed by atoms with Gasteiger partial charge in [0.1, 0.15) is 5.76 Å². The maximum atomic E-state index is 5.43. The van der Waals surface area contributed by atoms with Gasteiger partial charge >= 0.3 is 0 Å². The molecule has 1 saturated heterocycles. The highest BCUT2D eigenvalue weighted by molar-refractivity contribution is 5.29. The Labute approximate surface area is 119 Å². The molecule has 5 heteroatoms. The van der Waals surface area contributed by atoms with Gasteiger partial charge in [0.2, 0.25) is 5.95 Å². The minimum absolute atomic E-state index is 0.259. The molecule has 1 aliphatic rings. The van der Waals surface area contributed by atoms with Crippen LogP contribution in [0.25, 0.3) is 0 Å². The third kappa shape index (κ3) is 2.99. The molecule has 3 heterocycles. The molecule has 106 valence electrons. The lowest BCUT2D eigenvalue weighted by Crippen LogP contribution is -2.43. The molecular formula is C15H20N4O. The van der Waals surface area contributed by atoms with E-state index in [-0.39, 0.29) is 6.04 Å². The molecular weight excluding hydrogens is 252 g/mol. The smallest absolute Gasteiger partial charge is 0.225 e. The van der Waals surface area contributed by atoms with Crippen molar-refractivity contribution >= 4 is 5.95 Å². The lowest BCUT2D eigenvalue weighted by atomic mass is 10.0. The standard InChI is InChI=1S/C15H20N4O/c1-12(14-4-2-11-20-14)18-13-5-9-19(10-6-13)15-16-7-3-8-17-15/h2-4,7-8,11-13,18H,5-6,9-10H2,1H3. The van der Waals surface area contributed by atoms with E-state index in [1.807, 2.05) is 18.2 Å². The first-order valence-electron chi connectivity index (χ1n) is 7.14. The molecule has 0 aliphatic carbocycles. The second-order valence-corrected chi connectivity index (χ2v) is 5.21. The average Bonchev–Trinajstić information content (AvgIpc) is 3.03. The zero-order valence-electron chi connectivity index (χ0n) is 11.7. The molecule has 1 fully saturated rings. The van der Waals surface area contributed by atoms with Crippen LogP contribution in [0.2, 0.25) is 0 Å². The largest absolute Gasteiger partial charge is 0.468 e. The Morgan fingerprint density at radius 2 is 2.00 bits per heavy atom. The van der Waals surface area contributed by atoms with Gasteiger partial charge in [0, 0.05) is 31.5 Å². The van der Waals surface area contributed by atoms with Crippen LogP contribution in [-0.2, 0) is 0 Å². The van der Waals surface area contributed by atoms with E-state index in [9.17, 15) is 0 Å². The zero-order valence-corrected chi connectivity index (χ0v) is 11.7. The van der Waals surface area contributed by atoms with Gasteiger partial charge in [-0.1, -0.05) is 0 Å². The molecule has 0 aromatic carbocycles. The van der Waals surface area contributed by atoms with Gasteiger partial charge in [-0.15, -0.1) is 0 Å². The number of aromatic nitrogens is 2. The third-order valence-electron chi connectivity index (χ3n) is 3.79. The Morgan fingerprint density at radius 3 is 2.65 bits per heavy atom. The predicted octanol–water partition coefficient (Wildman–Crippen LogP) is 2.39. The maximum Gasteiger partial charge on any atom is 0.225 e. The molecule has 3 rings (SSSR count). The normalized spacial score (nSPS) is 18.1. The van der Waals surface area contributed by atoms with E-state index in [2.05, 4.69) is 27.1 Å². The van der Waals surface area contributed by atoms with Gasteiger partial charge < -0.3 is 14.6 Å². The van der Waals surface area contributed by atoms with Crippen LogP contribution >= 0.6 is 0 Å². The van der Waals surface area contributed by atoms with Crippen LogP contribution in [0.4, 0.5) is 5.95 Å². The summed E-state index contributed by atoms with van der Waals surface area (Å²) in [6.07, 6.45) is 7.52. The van der Waals surface area contributed by atoms with Crippen LogP contribution in [0.3, 0.4) is 0 Å². The van der Waals surface area contributed by atoms with Crippen molar-refractivity contribution < 1.29 is 4.42 Å². The number of hydrogen-bond acceptors (Lipinski definition) is 5. The number of hydrogen-bond donors (Lipinski definition) is 1. The van der Waals surface area contributed by atoms with Crippen LogP contribution in [0.1, 0.15) is 31.6 Å². The minimum atomic E-state index is 0.259. The molecule has 0 bridgehead atoms. The molecule has 1 aliphatic heterocycles. The predicted molar refractivity (Wildman–Crippen MR) is 77.5 cm³/mol. The van der Waals surface area contributed by atoms with E-state index in [1.54, 1.807) is 18.7 Å². The Balaban J connectivity index is 1.51. The fraction of sp³-hybridized carbons (Fsp3) is 0.467. The van der Waals surface area contributed by atoms with Crippen molar-refractivity contribution in [3.05, 3.63) is 42.6 Å². The Bertz CT molecular complexity index is 506. The van der Waals surface area contributed by atoms with Crippen molar-refractivity contribution in [3.63, 3.8) is 0 Å². The van der Waals surface area contributed by atoms with Crippen LogP contribution in [0, 0.1) is 0 Å². The van der Waals surface area contributed by atoms with E-state index < -0.39 is 0 Å². The molecule has 2 aromatic rings. The highest BCUT2D eigenvalue weighted by Gasteiger charge is 2.22. The molecule has 0 spiro atoms. The fourth-order valence-corrected chi connectivity index (χ4v) is 2.67. The quantitative estimate of drug-likeness (QED) is 0.926. The molecule has 5 nitrogen and oxygen atoms in total. The summed E-state index contributed by atoms with van der Waals surface area (Å²) in [7, 11) is 0. The van der Waals surface area contributed by atoms with Crippen molar-refractivity contribution in [2.24, 2.45) is 0 Å². The van der Waals surface area contributed by atoms with Crippen molar-refractivity contribution in [2.75, 3.05) is 18.0 Å². The average molecular weight is 272 g/mol. The second kappa shape index (κ2) is 6.05. The molecule has 1 N–H and O–H groups in total. The van der Waals surface area contributed by atoms with Crippen molar-refractivity contribution in [1.82, 2.24) is 15.3 Å². The Morgan fingerprint density at radius 1 is 1.25 bits per heavy atom. The summed E-state index contributed by atoms with van der Waals surface area (Å²) in [4.78, 5) is 10.9. The number of anilines is 1. The van der Waals surface area contributed by atoms with Crippen molar-refractivity contribution in [1.29, 1.82) is 0 Å². The second-order valence-electron chi connectivity index (χ2n) is 5.21. The lowest BCUT2D eigenvalue weighted by molar-refractivity contribution is 0.346. The summed E-state index contributed by atoms with van der Waals surface area (Å²) in [5, 5.41) is 3.63.